The number of carbonyl (C=O) groups excluding carboxylic acids is 1. The van der Waals surface area contributed by atoms with E-state index in [-0.39, 0.29) is 11.9 Å². The fraction of sp³-hybridized carbons (Fsp3) is 0.407. The van der Waals surface area contributed by atoms with E-state index in [0.29, 0.717) is 24.2 Å². The van der Waals surface area contributed by atoms with Gasteiger partial charge in [-0.25, -0.2) is 9.97 Å². The van der Waals surface area contributed by atoms with Crippen LogP contribution in [0.25, 0.3) is 27.9 Å². The van der Waals surface area contributed by atoms with E-state index in [1.807, 2.05) is 30.3 Å². The molecular formula is C27H30N6O3. The lowest BCUT2D eigenvalue weighted by Gasteiger charge is -2.24. The van der Waals surface area contributed by atoms with E-state index in [0.717, 1.165) is 73.2 Å². The first-order chi connectivity index (χ1) is 17.7. The molecule has 2 saturated heterocycles. The number of hydrogen-bond acceptors (Lipinski definition) is 7. The molecule has 4 heterocycles. The molecule has 1 atom stereocenters. The second-order valence-electron chi connectivity index (χ2n) is 9.45. The molecule has 0 spiro atoms. The molecule has 0 radical (unpaired) electrons. The Morgan fingerprint density at radius 2 is 1.89 bits per heavy atom. The second kappa shape index (κ2) is 9.73. The van der Waals surface area contributed by atoms with Crippen molar-refractivity contribution in [3.05, 3.63) is 48.0 Å². The zero-order valence-corrected chi connectivity index (χ0v) is 20.4. The van der Waals surface area contributed by atoms with E-state index >= 15 is 0 Å². The number of hydrogen-bond donors (Lipinski definition) is 2. The molecule has 2 aliphatic heterocycles. The quantitative estimate of drug-likeness (QED) is 0.441. The number of amides is 1. The molecule has 0 saturated carbocycles. The maximum Gasteiger partial charge on any atom is 0.242 e. The summed E-state index contributed by atoms with van der Waals surface area (Å²) in [6.07, 6.45) is 4.62. The lowest BCUT2D eigenvalue weighted by Crippen LogP contribution is -2.38. The van der Waals surface area contributed by atoms with Gasteiger partial charge in [-0.05, 0) is 73.9 Å². The summed E-state index contributed by atoms with van der Waals surface area (Å²) in [5.41, 5.74) is 3.69. The van der Waals surface area contributed by atoms with Crippen molar-refractivity contribution in [2.24, 2.45) is 0 Å². The molecule has 2 aromatic heterocycles. The predicted octanol–water partition coefficient (Wildman–Crippen LogP) is 3.93. The van der Waals surface area contributed by atoms with Crippen molar-refractivity contribution >= 4 is 28.4 Å². The van der Waals surface area contributed by atoms with Crippen molar-refractivity contribution in [3.63, 3.8) is 0 Å². The van der Waals surface area contributed by atoms with Crippen LogP contribution in [0, 0.1) is 0 Å². The molecule has 2 fully saturated rings. The standard InChI is InChI=1S/C27H30N6O3/c1-35-19-10-8-18(9-11-19)24-31-25-23-20(17-12-15-36-16-13-17)5-4-7-21(23)29-27(33(25)32-24)30-22-6-2-3-14-28-26(22)34/h4-5,7-11,17,22H,2-3,6,12-16H2,1H3,(H,28,34)(H,29,30)/t22-/m1/s1. The van der Waals surface area contributed by atoms with Crippen LogP contribution in [0.2, 0.25) is 0 Å². The van der Waals surface area contributed by atoms with Gasteiger partial charge in [0, 0.05) is 30.7 Å². The Bertz CT molecular complexity index is 1390. The lowest BCUT2D eigenvalue weighted by molar-refractivity contribution is -0.121. The first kappa shape index (κ1) is 22.7. The molecule has 2 N–H and O–H groups in total. The second-order valence-corrected chi connectivity index (χ2v) is 9.45. The summed E-state index contributed by atoms with van der Waals surface area (Å²) in [4.78, 5) is 22.7. The fourth-order valence-electron chi connectivity index (χ4n) is 5.21. The van der Waals surface area contributed by atoms with E-state index in [9.17, 15) is 4.79 Å². The molecule has 36 heavy (non-hydrogen) atoms. The van der Waals surface area contributed by atoms with Crippen LogP contribution < -0.4 is 15.4 Å². The Hall–Kier alpha value is -3.72. The zero-order valence-electron chi connectivity index (χ0n) is 20.4. The minimum absolute atomic E-state index is 0.00556. The van der Waals surface area contributed by atoms with Crippen LogP contribution in [-0.2, 0) is 9.53 Å². The van der Waals surface area contributed by atoms with Gasteiger partial charge >= 0.3 is 0 Å². The topological polar surface area (TPSA) is 103 Å². The monoisotopic (exact) mass is 486 g/mol. The number of benzene rings is 2. The third kappa shape index (κ3) is 4.24. The molecule has 0 unspecified atom stereocenters. The Morgan fingerprint density at radius 1 is 1.06 bits per heavy atom. The smallest absolute Gasteiger partial charge is 0.242 e. The predicted molar refractivity (Wildman–Crippen MR) is 137 cm³/mol. The average Bonchev–Trinajstić information content (AvgIpc) is 3.28. The van der Waals surface area contributed by atoms with Gasteiger partial charge < -0.3 is 20.1 Å². The Kier molecular flexibility index (Phi) is 6.14. The molecule has 1 amide bonds. The normalized spacial score (nSPS) is 19.2. The maximum atomic E-state index is 12.7. The summed E-state index contributed by atoms with van der Waals surface area (Å²) in [7, 11) is 1.65. The van der Waals surface area contributed by atoms with Gasteiger partial charge in [-0.2, -0.15) is 4.52 Å². The van der Waals surface area contributed by atoms with Gasteiger partial charge in [0.15, 0.2) is 11.5 Å². The van der Waals surface area contributed by atoms with Crippen molar-refractivity contribution in [2.45, 2.75) is 44.1 Å². The first-order valence-electron chi connectivity index (χ1n) is 12.7. The van der Waals surface area contributed by atoms with Crippen molar-refractivity contribution in [1.29, 1.82) is 0 Å². The van der Waals surface area contributed by atoms with Crippen LogP contribution in [0.3, 0.4) is 0 Å². The van der Waals surface area contributed by atoms with E-state index < -0.39 is 0 Å². The summed E-state index contributed by atoms with van der Waals surface area (Å²) in [5, 5.41) is 12.3. The van der Waals surface area contributed by atoms with Gasteiger partial charge in [-0.3, -0.25) is 4.79 Å². The molecule has 0 aliphatic carbocycles. The highest BCUT2D eigenvalue weighted by Crippen LogP contribution is 2.35. The first-order valence-corrected chi connectivity index (χ1v) is 12.7. The van der Waals surface area contributed by atoms with Gasteiger partial charge in [0.1, 0.15) is 11.8 Å². The minimum Gasteiger partial charge on any atom is -0.497 e. The number of anilines is 1. The summed E-state index contributed by atoms with van der Waals surface area (Å²) < 4.78 is 12.7. The van der Waals surface area contributed by atoms with Gasteiger partial charge in [0.25, 0.3) is 0 Å². The molecule has 2 aromatic carbocycles. The SMILES string of the molecule is COc1ccc(-c2nc3c4c(C5CCOCC5)cccc4nc(N[C@@H]4CCCCNC4=O)n3n2)cc1. The van der Waals surface area contributed by atoms with Gasteiger partial charge in [0.05, 0.1) is 12.6 Å². The third-order valence-electron chi connectivity index (χ3n) is 7.18. The van der Waals surface area contributed by atoms with E-state index in [2.05, 4.69) is 22.8 Å². The van der Waals surface area contributed by atoms with E-state index in [1.54, 1.807) is 11.6 Å². The van der Waals surface area contributed by atoms with Crippen molar-refractivity contribution in [2.75, 3.05) is 32.2 Å². The average molecular weight is 487 g/mol. The highest BCUT2D eigenvalue weighted by atomic mass is 16.5. The van der Waals surface area contributed by atoms with Gasteiger partial charge in [-0.1, -0.05) is 12.1 Å². The number of carbonyl (C=O) groups is 1. The molecule has 2 aliphatic rings. The number of fused-ring (bicyclic) bond motifs is 3. The third-order valence-corrected chi connectivity index (χ3v) is 7.18. The van der Waals surface area contributed by atoms with Crippen LogP contribution >= 0.6 is 0 Å². The molecule has 186 valence electrons. The van der Waals surface area contributed by atoms with Crippen molar-refractivity contribution in [1.82, 2.24) is 24.9 Å². The molecule has 9 heteroatoms. The summed E-state index contributed by atoms with van der Waals surface area (Å²) in [6.45, 7) is 2.22. The van der Waals surface area contributed by atoms with Crippen LogP contribution in [0.4, 0.5) is 5.95 Å². The summed E-state index contributed by atoms with van der Waals surface area (Å²) >= 11 is 0. The minimum atomic E-state index is -0.368. The number of nitrogens with zero attached hydrogens (tertiary/aromatic N) is 4. The summed E-state index contributed by atoms with van der Waals surface area (Å²) in [6, 6.07) is 13.6. The number of nitrogens with one attached hydrogen (secondary N) is 2. The van der Waals surface area contributed by atoms with Gasteiger partial charge in [-0.15, -0.1) is 5.10 Å². The highest BCUT2D eigenvalue weighted by Gasteiger charge is 2.26. The zero-order chi connectivity index (χ0) is 24.5. The maximum absolute atomic E-state index is 12.7. The molecule has 9 nitrogen and oxygen atoms in total. The molecular weight excluding hydrogens is 456 g/mol. The number of ether oxygens (including phenoxy) is 2. The van der Waals surface area contributed by atoms with Crippen LogP contribution in [-0.4, -0.2) is 58.4 Å². The Morgan fingerprint density at radius 3 is 2.69 bits per heavy atom. The largest absolute Gasteiger partial charge is 0.497 e. The van der Waals surface area contributed by atoms with Crippen LogP contribution in [0.1, 0.15) is 43.6 Å². The molecule has 6 rings (SSSR count). The number of aromatic nitrogens is 4. The number of methoxy groups -OCH3 is 1. The summed E-state index contributed by atoms with van der Waals surface area (Å²) in [5.74, 6) is 2.27. The fourth-order valence-corrected chi connectivity index (χ4v) is 5.21. The lowest BCUT2D eigenvalue weighted by atomic mass is 9.89. The Balaban J connectivity index is 1.52. The highest BCUT2D eigenvalue weighted by molar-refractivity contribution is 5.96. The van der Waals surface area contributed by atoms with Crippen molar-refractivity contribution in [3.8, 4) is 17.1 Å². The van der Waals surface area contributed by atoms with Gasteiger partial charge in [0.2, 0.25) is 11.9 Å². The number of rotatable bonds is 5. The van der Waals surface area contributed by atoms with Crippen LogP contribution in [0.5, 0.6) is 5.75 Å². The molecule has 0 bridgehead atoms. The van der Waals surface area contributed by atoms with E-state index in [4.69, 9.17) is 24.5 Å². The van der Waals surface area contributed by atoms with Crippen molar-refractivity contribution < 1.29 is 14.3 Å². The van der Waals surface area contributed by atoms with Crippen LogP contribution in [0.15, 0.2) is 42.5 Å². The Labute approximate surface area is 209 Å². The molecule has 4 aromatic rings. The van der Waals surface area contributed by atoms with E-state index in [1.165, 1.54) is 5.56 Å².